The third-order valence-corrected chi connectivity index (χ3v) is 4.96. The zero-order valence-corrected chi connectivity index (χ0v) is 17.6. The van der Waals surface area contributed by atoms with Crippen LogP contribution >= 0.6 is 0 Å². The molecule has 0 aliphatic carbocycles. The lowest BCUT2D eigenvalue weighted by molar-refractivity contribution is -0.384. The first kappa shape index (κ1) is 21.8. The van der Waals surface area contributed by atoms with Crippen molar-refractivity contribution in [3.05, 3.63) is 118 Å². The van der Waals surface area contributed by atoms with E-state index in [2.05, 4.69) is 15.6 Å². The summed E-state index contributed by atoms with van der Waals surface area (Å²) in [6.45, 7) is 1.22. The molecule has 4 rings (SSSR count). The molecule has 0 fully saturated rings. The number of nitro benzene ring substituents is 1. The molecule has 1 heterocycles. The lowest BCUT2D eigenvalue weighted by Gasteiger charge is -2.11. The van der Waals surface area contributed by atoms with Gasteiger partial charge in [-0.05, 0) is 22.8 Å². The Balaban J connectivity index is 1.37. The highest BCUT2D eigenvalue weighted by Crippen LogP contribution is 2.16. The maximum absolute atomic E-state index is 12.6. The molecule has 0 bridgehead atoms. The smallest absolute Gasteiger partial charge is 0.273 e. The Labute approximate surface area is 189 Å². The van der Waals surface area contributed by atoms with E-state index in [1.165, 1.54) is 23.0 Å². The van der Waals surface area contributed by atoms with E-state index in [1.54, 1.807) is 12.1 Å². The van der Waals surface area contributed by atoms with Crippen molar-refractivity contribution in [3.8, 4) is 5.69 Å². The Hall–Kier alpha value is -4.37. The summed E-state index contributed by atoms with van der Waals surface area (Å²) in [4.78, 5) is 23.1. The number of carbonyl (C=O) groups excluding carboxylic acids is 1. The number of nitrogens with one attached hydrogen (secondary N) is 1. The van der Waals surface area contributed by atoms with Crippen molar-refractivity contribution in [1.82, 2.24) is 20.3 Å². The van der Waals surface area contributed by atoms with Gasteiger partial charge in [0.1, 0.15) is 0 Å². The van der Waals surface area contributed by atoms with Crippen molar-refractivity contribution in [1.29, 1.82) is 0 Å². The highest BCUT2D eigenvalue weighted by molar-refractivity contribution is 5.91. The minimum Gasteiger partial charge on any atom is -0.372 e. The van der Waals surface area contributed by atoms with Gasteiger partial charge >= 0.3 is 0 Å². The zero-order valence-electron chi connectivity index (χ0n) is 17.6. The van der Waals surface area contributed by atoms with E-state index in [0.717, 1.165) is 16.7 Å². The van der Waals surface area contributed by atoms with Gasteiger partial charge in [-0.3, -0.25) is 14.9 Å². The molecule has 0 saturated heterocycles. The monoisotopic (exact) mass is 443 g/mol. The van der Waals surface area contributed by atoms with Crippen molar-refractivity contribution in [2.45, 2.75) is 19.8 Å². The van der Waals surface area contributed by atoms with Crippen LogP contribution in [0.2, 0.25) is 0 Å². The predicted molar refractivity (Wildman–Crippen MR) is 121 cm³/mol. The Morgan fingerprint density at radius 1 is 0.970 bits per heavy atom. The average Bonchev–Trinajstić information content (AvgIpc) is 3.35. The number of rotatable bonds is 9. The fourth-order valence-electron chi connectivity index (χ4n) is 3.23. The lowest BCUT2D eigenvalue weighted by Crippen LogP contribution is -2.23. The number of nitro groups is 1. The minimum absolute atomic E-state index is 0.0694. The van der Waals surface area contributed by atoms with Crippen LogP contribution < -0.4 is 5.32 Å². The standard InChI is InChI=1S/C24H21N5O4/c30-24(23-15-28(27-26-23)21-11-6-12-22(13-21)29(31)32)25-14-19-9-4-5-10-20(19)17-33-16-18-7-2-1-3-8-18/h1-13,15H,14,16-17H2,(H,25,30). The predicted octanol–water partition coefficient (Wildman–Crippen LogP) is 3.82. The van der Waals surface area contributed by atoms with Crippen LogP contribution in [0.5, 0.6) is 0 Å². The topological polar surface area (TPSA) is 112 Å². The van der Waals surface area contributed by atoms with E-state index in [-0.39, 0.29) is 11.4 Å². The zero-order chi connectivity index (χ0) is 23.0. The molecule has 9 nitrogen and oxygen atoms in total. The molecular weight excluding hydrogens is 422 g/mol. The first-order chi connectivity index (χ1) is 16.1. The molecule has 33 heavy (non-hydrogen) atoms. The van der Waals surface area contributed by atoms with E-state index >= 15 is 0 Å². The van der Waals surface area contributed by atoms with Crippen molar-refractivity contribution in [2.24, 2.45) is 0 Å². The van der Waals surface area contributed by atoms with Crippen LogP contribution in [0.25, 0.3) is 5.69 Å². The Morgan fingerprint density at radius 3 is 2.52 bits per heavy atom. The van der Waals surface area contributed by atoms with E-state index in [9.17, 15) is 14.9 Å². The second-order valence-electron chi connectivity index (χ2n) is 7.26. The Bertz CT molecular complexity index is 1260. The molecule has 0 radical (unpaired) electrons. The van der Waals surface area contributed by atoms with Gasteiger partial charge in [0.25, 0.3) is 11.6 Å². The Morgan fingerprint density at radius 2 is 1.73 bits per heavy atom. The number of carbonyl (C=O) groups is 1. The van der Waals surface area contributed by atoms with Gasteiger partial charge in [0, 0.05) is 18.7 Å². The van der Waals surface area contributed by atoms with Gasteiger partial charge in [-0.1, -0.05) is 65.9 Å². The number of amides is 1. The summed E-state index contributed by atoms with van der Waals surface area (Å²) in [6.07, 6.45) is 1.43. The van der Waals surface area contributed by atoms with Crippen LogP contribution in [0.4, 0.5) is 5.69 Å². The first-order valence-corrected chi connectivity index (χ1v) is 10.2. The highest BCUT2D eigenvalue weighted by atomic mass is 16.6. The number of aromatic nitrogens is 3. The third kappa shape index (κ3) is 5.66. The molecule has 1 N–H and O–H groups in total. The van der Waals surface area contributed by atoms with Crippen LogP contribution in [0.3, 0.4) is 0 Å². The molecular formula is C24H21N5O4. The fourth-order valence-corrected chi connectivity index (χ4v) is 3.23. The number of hydrogen-bond donors (Lipinski definition) is 1. The van der Waals surface area contributed by atoms with Crippen molar-refractivity contribution >= 4 is 11.6 Å². The molecule has 3 aromatic carbocycles. The summed E-state index contributed by atoms with van der Waals surface area (Å²) in [6, 6.07) is 23.6. The fraction of sp³-hybridized carbons (Fsp3) is 0.125. The summed E-state index contributed by atoms with van der Waals surface area (Å²) >= 11 is 0. The highest BCUT2D eigenvalue weighted by Gasteiger charge is 2.14. The summed E-state index contributed by atoms with van der Waals surface area (Å²) in [7, 11) is 0. The molecule has 166 valence electrons. The first-order valence-electron chi connectivity index (χ1n) is 10.2. The van der Waals surface area contributed by atoms with Gasteiger partial charge in [0.2, 0.25) is 0 Å². The number of ether oxygens (including phenoxy) is 1. The van der Waals surface area contributed by atoms with Crippen LogP contribution in [-0.2, 0) is 24.5 Å². The summed E-state index contributed by atoms with van der Waals surface area (Å²) in [5.74, 6) is -0.397. The molecule has 0 unspecified atom stereocenters. The van der Waals surface area contributed by atoms with Gasteiger partial charge < -0.3 is 10.1 Å². The number of hydrogen-bond acceptors (Lipinski definition) is 6. The maximum Gasteiger partial charge on any atom is 0.273 e. The SMILES string of the molecule is O=C(NCc1ccccc1COCc1ccccc1)c1cn(-c2cccc([N+](=O)[O-])c2)nn1. The van der Waals surface area contributed by atoms with E-state index in [0.29, 0.717) is 25.4 Å². The largest absolute Gasteiger partial charge is 0.372 e. The molecule has 4 aromatic rings. The van der Waals surface area contributed by atoms with E-state index < -0.39 is 10.8 Å². The van der Waals surface area contributed by atoms with Gasteiger partial charge in [-0.25, -0.2) is 4.68 Å². The molecule has 0 saturated carbocycles. The second-order valence-corrected chi connectivity index (χ2v) is 7.26. The average molecular weight is 443 g/mol. The molecule has 0 aliphatic heterocycles. The van der Waals surface area contributed by atoms with Crippen molar-refractivity contribution < 1.29 is 14.5 Å². The Kier molecular flexibility index (Phi) is 6.81. The molecule has 0 atom stereocenters. The molecule has 9 heteroatoms. The van der Waals surface area contributed by atoms with E-state index in [4.69, 9.17) is 4.74 Å². The number of non-ortho nitro benzene ring substituents is 1. The van der Waals surface area contributed by atoms with Gasteiger partial charge in [0.05, 0.1) is 30.0 Å². The summed E-state index contributed by atoms with van der Waals surface area (Å²) in [5.41, 5.74) is 3.49. The van der Waals surface area contributed by atoms with Gasteiger partial charge in [-0.2, -0.15) is 0 Å². The maximum atomic E-state index is 12.6. The van der Waals surface area contributed by atoms with Gasteiger partial charge in [-0.15, -0.1) is 5.10 Å². The van der Waals surface area contributed by atoms with Crippen molar-refractivity contribution in [3.63, 3.8) is 0 Å². The number of benzene rings is 3. The van der Waals surface area contributed by atoms with Crippen molar-refractivity contribution in [2.75, 3.05) is 0 Å². The van der Waals surface area contributed by atoms with E-state index in [1.807, 2.05) is 54.6 Å². The molecule has 1 aromatic heterocycles. The second kappa shape index (κ2) is 10.3. The number of nitrogens with zero attached hydrogens (tertiary/aromatic N) is 4. The van der Waals surface area contributed by atoms with Crippen LogP contribution in [0.1, 0.15) is 27.2 Å². The normalized spacial score (nSPS) is 10.7. The lowest BCUT2D eigenvalue weighted by atomic mass is 10.1. The van der Waals surface area contributed by atoms with Gasteiger partial charge in [0.15, 0.2) is 5.69 Å². The quantitative estimate of drug-likeness (QED) is 0.311. The molecule has 1 amide bonds. The minimum atomic E-state index is -0.491. The van der Waals surface area contributed by atoms with Crippen LogP contribution in [0, 0.1) is 10.1 Å². The third-order valence-electron chi connectivity index (χ3n) is 4.96. The summed E-state index contributed by atoms with van der Waals surface area (Å²) < 4.78 is 7.16. The molecule has 0 spiro atoms. The van der Waals surface area contributed by atoms with Crippen LogP contribution in [-0.4, -0.2) is 25.8 Å². The molecule has 0 aliphatic rings. The van der Waals surface area contributed by atoms with Crippen LogP contribution in [0.15, 0.2) is 85.1 Å². The summed E-state index contributed by atoms with van der Waals surface area (Å²) in [5, 5.41) is 21.6.